The first-order valence-electron chi connectivity index (χ1n) is 10.1. The lowest BCUT2D eigenvalue weighted by Crippen LogP contribution is -2.51. The molecule has 10 heteroatoms. The van der Waals surface area contributed by atoms with E-state index >= 15 is 0 Å². The van der Waals surface area contributed by atoms with Crippen LogP contribution in [-0.4, -0.2) is 91.2 Å². The maximum absolute atomic E-state index is 12.7. The normalized spacial score (nSPS) is 14.3. The van der Waals surface area contributed by atoms with Crippen LogP contribution in [0.3, 0.4) is 0 Å². The predicted octanol–water partition coefficient (Wildman–Crippen LogP) is 0.214. The minimum absolute atomic E-state index is 0.114. The Bertz CT molecular complexity index is 1090. The zero-order valence-electron chi connectivity index (χ0n) is 17.6. The van der Waals surface area contributed by atoms with Gasteiger partial charge < -0.3 is 25.0 Å². The number of aromatic nitrogens is 3. The second kappa shape index (κ2) is 8.77. The fourth-order valence-electron chi connectivity index (χ4n) is 3.77. The molecular formula is C21H24BN7O2. The summed E-state index contributed by atoms with van der Waals surface area (Å²) in [5.41, 5.74) is 3.04. The van der Waals surface area contributed by atoms with Crippen molar-refractivity contribution < 1.29 is 9.59 Å². The van der Waals surface area contributed by atoms with Crippen molar-refractivity contribution in [3.8, 4) is 0 Å². The van der Waals surface area contributed by atoms with E-state index in [2.05, 4.69) is 25.2 Å². The average molecular weight is 417 g/mol. The zero-order valence-corrected chi connectivity index (χ0v) is 17.6. The SMILES string of the molecule is [B]c1cnc2[nH]cc(NC(=O)c3cccnc3)c2c1N1CCN(C(=O)CN(C)C)CC1. The van der Waals surface area contributed by atoms with Gasteiger partial charge in [-0.15, -0.1) is 0 Å². The van der Waals surface area contributed by atoms with Gasteiger partial charge in [-0.3, -0.25) is 14.6 Å². The number of hydrogen-bond acceptors (Lipinski definition) is 6. The molecule has 0 bridgehead atoms. The van der Waals surface area contributed by atoms with Crippen LogP contribution < -0.4 is 15.7 Å². The van der Waals surface area contributed by atoms with E-state index in [1.54, 1.807) is 30.7 Å². The van der Waals surface area contributed by atoms with Gasteiger partial charge in [-0.1, -0.05) is 5.46 Å². The summed E-state index contributed by atoms with van der Waals surface area (Å²) in [6.07, 6.45) is 6.46. The van der Waals surface area contributed by atoms with E-state index in [4.69, 9.17) is 7.85 Å². The van der Waals surface area contributed by atoms with Crippen molar-refractivity contribution in [1.82, 2.24) is 24.8 Å². The maximum Gasteiger partial charge on any atom is 0.257 e. The van der Waals surface area contributed by atoms with Crippen LogP contribution in [0.25, 0.3) is 11.0 Å². The number of hydrogen-bond donors (Lipinski definition) is 2. The van der Waals surface area contributed by atoms with Crippen molar-refractivity contribution in [2.24, 2.45) is 0 Å². The van der Waals surface area contributed by atoms with Crippen molar-refractivity contribution in [2.45, 2.75) is 0 Å². The van der Waals surface area contributed by atoms with Crippen molar-refractivity contribution in [1.29, 1.82) is 0 Å². The highest BCUT2D eigenvalue weighted by molar-refractivity contribution is 6.38. The van der Waals surface area contributed by atoms with Gasteiger partial charge in [0.15, 0.2) is 0 Å². The first-order valence-corrected chi connectivity index (χ1v) is 10.1. The molecule has 31 heavy (non-hydrogen) atoms. The molecule has 0 saturated carbocycles. The molecule has 0 spiro atoms. The summed E-state index contributed by atoms with van der Waals surface area (Å²) in [7, 11) is 10.1. The molecule has 0 unspecified atom stereocenters. The highest BCUT2D eigenvalue weighted by Crippen LogP contribution is 2.31. The number of rotatable bonds is 5. The summed E-state index contributed by atoms with van der Waals surface area (Å²) in [5, 5.41) is 3.69. The summed E-state index contributed by atoms with van der Waals surface area (Å²) < 4.78 is 0. The number of nitrogens with one attached hydrogen (secondary N) is 2. The molecule has 0 aromatic carbocycles. The van der Waals surface area contributed by atoms with E-state index in [-0.39, 0.29) is 11.8 Å². The first-order chi connectivity index (χ1) is 14.9. The molecule has 2 amide bonds. The summed E-state index contributed by atoms with van der Waals surface area (Å²) >= 11 is 0. The number of likely N-dealkylation sites (N-methyl/N-ethyl adjacent to an activating group) is 1. The Labute approximate surface area is 181 Å². The van der Waals surface area contributed by atoms with Crippen molar-refractivity contribution in [2.75, 3.05) is 57.0 Å². The lowest BCUT2D eigenvalue weighted by Gasteiger charge is -2.37. The third-order valence-electron chi connectivity index (χ3n) is 5.27. The first kappa shape index (κ1) is 20.9. The van der Waals surface area contributed by atoms with Gasteiger partial charge in [0.25, 0.3) is 5.91 Å². The standard InChI is InChI=1S/C21H24BN7O2/c1-27(2)13-17(30)28-6-8-29(9-7-28)19-15(22)11-24-20-18(19)16(12-25-20)26-21(31)14-4-3-5-23-10-14/h3-5,10-12H,6-9,13H2,1-2H3,(H,24,25)(H,26,31). The summed E-state index contributed by atoms with van der Waals surface area (Å²) in [6, 6.07) is 3.42. The zero-order chi connectivity index (χ0) is 22.0. The third kappa shape index (κ3) is 4.39. The molecule has 1 saturated heterocycles. The molecule has 1 aliphatic rings. The lowest BCUT2D eigenvalue weighted by molar-refractivity contribution is -0.132. The second-order valence-corrected chi connectivity index (χ2v) is 7.79. The molecule has 3 aromatic rings. The van der Waals surface area contributed by atoms with Gasteiger partial charge in [0, 0.05) is 56.7 Å². The highest BCUT2D eigenvalue weighted by atomic mass is 16.2. The molecule has 1 fully saturated rings. The van der Waals surface area contributed by atoms with Crippen LogP contribution in [-0.2, 0) is 4.79 Å². The number of aromatic amines is 1. The molecule has 2 radical (unpaired) electrons. The van der Waals surface area contributed by atoms with Gasteiger partial charge in [-0.25, -0.2) is 4.98 Å². The number of H-pyrrole nitrogens is 1. The van der Waals surface area contributed by atoms with Crippen LogP contribution in [0.2, 0.25) is 0 Å². The van der Waals surface area contributed by atoms with E-state index in [1.807, 2.05) is 23.9 Å². The Morgan fingerprint density at radius 2 is 2.00 bits per heavy atom. The van der Waals surface area contributed by atoms with Gasteiger partial charge in [0.1, 0.15) is 13.5 Å². The van der Waals surface area contributed by atoms with Gasteiger partial charge in [-0.2, -0.15) is 0 Å². The number of amides is 2. The number of nitrogens with zero attached hydrogens (tertiary/aromatic N) is 5. The Morgan fingerprint density at radius 1 is 1.23 bits per heavy atom. The number of carbonyl (C=O) groups excluding carboxylic acids is 2. The van der Waals surface area contributed by atoms with Gasteiger partial charge in [0.2, 0.25) is 5.91 Å². The number of piperazine rings is 1. The Morgan fingerprint density at radius 3 is 2.68 bits per heavy atom. The minimum Gasteiger partial charge on any atom is -0.368 e. The second-order valence-electron chi connectivity index (χ2n) is 7.79. The van der Waals surface area contributed by atoms with Crippen LogP contribution in [0.5, 0.6) is 0 Å². The monoisotopic (exact) mass is 417 g/mol. The van der Waals surface area contributed by atoms with E-state index in [0.717, 1.165) is 11.1 Å². The van der Waals surface area contributed by atoms with E-state index in [0.29, 0.717) is 55.1 Å². The minimum atomic E-state index is -0.263. The molecule has 2 N–H and O–H groups in total. The molecule has 3 aromatic heterocycles. The van der Waals surface area contributed by atoms with Crippen LogP contribution in [0.15, 0.2) is 36.9 Å². The van der Waals surface area contributed by atoms with Crippen LogP contribution in [0, 0.1) is 0 Å². The number of carbonyl (C=O) groups is 2. The molecule has 0 atom stereocenters. The Hall–Kier alpha value is -3.40. The van der Waals surface area contributed by atoms with Crippen LogP contribution in [0.1, 0.15) is 10.4 Å². The number of anilines is 2. The number of fused-ring (bicyclic) bond motifs is 1. The molecule has 4 rings (SSSR count). The van der Waals surface area contributed by atoms with Crippen LogP contribution in [0.4, 0.5) is 11.4 Å². The third-order valence-corrected chi connectivity index (χ3v) is 5.27. The summed E-state index contributed by atoms with van der Waals surface area (Å²) in [4.78, 5) is 42.4. The quantitative estimate of drug-likeness (QED) is 0.577. The molecular weight excluding hydrogens is 393 g/mol. The molecule has 1 aliphatic heterocycles. The van der Waals surface area contributed by atoms with E-state index in [1.165, 1.54) is 6.20 Å². The summed E-state index contributed by atoms with van der Waals surface area (Å²) in [5.74, 6) is -0.148. The Balaban J connectivity index is 1.59. The average Bonchev–Trinajstić information content (AvgIpc) is 3.16. The van der Waals surface area contributed by atoms with E-state index in [9.17, 15) is 9.59 Å². The van der Waals surface area contributed by atoms with Crippen molar-refractivity contribution in [3.05, 3.63) is 42.5 Å². The maximum atomic E-state index is 12.7. The van der Waals surface area contributed by atoms with Crippen LogP contribution >= 0.6 is 0 Å². The fourth-order valence-corrected chi connectivity index (χ4v) is 3.77. The largest absolute Gasteiger partial charge is 0.368 e. The van der Waals surface area contributed by atoms with Gasteiger partial charge in [-0.05, 0) is 26.2 Å². The van der Waals surface area contributed by atoms with Crippen molar-refractivity contribution >= 4 is 47.5 Å². The molecule has 4 heterocycles. The molecule has 9 nitrogen and oxygen atoms in total. The topological polar surface area (TPSA) is 97.5 Å². The van der Waals surface area contributed by atoms with Gasteiger partial charge >= 0.3 is 0 Å². The fraction of sp³-hybridized carbons (Fsp3) is 0.333. The lowest BCUT2D eigenvalue weighted by atomic mass is 9.93. The predicted molar refractivity (Wildman–Crippen MR) is 121 cm³/mol. The smallest absolute Gasteiger partial charge is 0.257 e. The Kier molecular flexibility index (Phi) is 5.90. The molecule has 0 aliphatic carbocycles. The molecule has 158 valence electrons. The highest BCUT2D eigenvalue weighted by Gasteiger charge is 2.25. The van der Waals surface area contributed by atoms with Crippen molar-refractivity contribution in [3.63, 3.8) is 0 Å². The summed E-state index contributed by atoms with van der Waals surface area (Å²) in [6.45, 7) is 2.90. The number of pyridine rings is 2. The van der Waals surface area contributed by atoms with Gasteiger partial charge in [0.05, 0.1) is 23.2 Å². The van der Waals surface area contributed by atoms with E-state index < -0.39 is 0 Å².